The first-order valence-electron chi connectivity index (χ1n) is 8.84. The van der Waals surface area contributed by atoms with Crippen LogP contribution in [-0.4, -0.2) is 15.2 Å². The molecule has 0 atom stereocenters. The average molecular weight is 369 g/mol. The van der Waals surface area contributed by atoms with Crippen molar-refractivity contribution in [3.63, 3.8) is 0 Å². The van der Waals surface area contributed by atoms with E-state index in [2.05, 4.69) is 11.1 Å². The van der Waals surface area contributed by atoms with Gasteiger partial charge in [-0.25, -0.2) is 9.37 Å². The van der Waals surface area contributed by atoms with Gasteiger partial charge in [-0.15, -0.1) is 0 Å². The SMILES string of the molecule is N#Cc1ccc(CC(=O)Cc2c(-c3ccc(F)cc3)ccc3cncn23)cc1. The van der Waals surface area contributed by atoms with E-state index in [1.807, 2.05) is 16.5 Å². The summed E-state index contributed by atoms with van der Waals surface area (Å²) >= 11 is 0. The summed E-state index contributed by atoms with van der Waals surface area (Å²) in [5, 5.41) is 8.89. The lowest BCUT2D eigenvalue weighted by Crippen LogP contribution is -2.11. The number of pyridine rings is 1. The summed E-state index contributed by atoms with van der Waals surface area (Å²) in [6, 6.07) is 19.2. The smallest absolute Gasteiger partial charge is 0.143 e. The minimum absolute atomic E-state index is 0.0502. The first-order valence-corrected chi connectivity index (χ1v) is 8.84. The first kappa shape index (κ1) is 17.6. The molecule has 0 spiro atoms. The number of halogens is 1. The summed E-state index contributed by atoms with van der Waals surface area (Å²) in [6.07, 6.45) is 3.93. The number of hydrogen-bond acceptors (Lipinski definition) is 3. The molecule has 0 N–H and O–H groups in total. The summed E-state index contributed by atoms with van der Waals surface area (Å²) in [4.78, 5) is 17.0. The van der Waals surface area contributed by atoms with Crippen LogP contribution in [0.4, 0.5) is 4.39 Å². The molecule has 0 radical (unpaired) electrons. The monoisotopic (exact) mass is 369 g/mol. The van der Waals surface area contributed by atoms with Crippen LogP contribution in [0.15, 0.2) is 73.2 Å². The maximum atomic E-state index is 13.3. The first-order chi connectivity index (χ1) is 13.6. The third kappa shape index (κ3) is 3.53. The van der Waals surface area contributed by atoms with Crippen LogP contribution in [-0.2, 0) is 17.6 Å². The zero-order valence-electron chi connectivity index (χ0n) is 15.0. The Morgan fingerprint density at radius 2 is 1.75 bits per heavy atom. The van der Waals surface area contributed by atoms with Crippen LogP contribution in [0.25, 0.3) is 16.6 Å². The molecule has 2 aromatic heterocycles. The Hall–Kier alpha value is -3.78. The van der Waals surface area contributed by atoms with Gasteiger partial charge in [0, 0.05) is 24.1 Å². The molecule has 0 unspecified atom stereocenters. The zero-order chi connectivity index (χ0) is 19.5. The van der Waals surface area contributed by atoms with Crippen molar-refractivity contribution < 1.29 is 9.18 Å². The van der Waals surface area contributed by atoms with Crippen molar-refractivity contribution in [2.45, 2.75) is 12.8 Å². The van der Waals surface area contributed by atoms with Crippen LogP contribution >= 0.6 is 0 Å². The lowest BCUT2D eigenvalue weighted by atomic mass is 9.98. The van der Waals surface area contributed by atoms with Gasteiger partial charge in [-0.05, 0) is 41.5 Å². The number of nitrogens with zero attached hydrogens (tertiary/aromatic N) is 3. The molecule has 0 saturated heterocycles. The van der Waals surface area contributed by atoms with E-state index in [-0.39, 0.29) is 24.4 Å². The van der Waals surface area contributed by atoms with E-state index in [4.69, 9.17) is 5.26 Å². The van der Waals surface area contributed by atoms with Crippen LogP contribution in [0.5, 0.6) is 0 Å². The summed E-state index contributed by atoms with van der Waals surface area (Å²) in [5.74, 6) is -0.250. The minimum Gasteiger partial charge on any atom is -0.302 e. The van der Waals surface area contributed by atoms with E-state index in [1.165, 1.54) is 12.1 Å². The van der Waals surface area contributed by atoms with Gasteiger partial charge in [-0.1, -0.05) is 30.3 Å². The highest BCUT2D eigenvalue weighted by atomic mass is 19.1. The molecule has 4 nitrogen and oxygen atoms in total. The Labute approximate surface area is 161 Å². The number of fused-ring (bicyclic) bond motifs is 1. The number of benzene rings is 2. The summed E-state index contributed by atoms with van der Waals surface area (Å²) in [5.41, 5.74) is 4.87. The third-order valence-electron chi connectivity index (χ3n) is 4.69. The fourth-order valence-corrected chi connectivity index (χ4v) is 3.30. The highest BCUT2D eigenvalue weighted by Crippen LogP contribution is 2.26. The maximum Gasteiger partial charge on any atom is 0.143 e. The maximum absolute atomic E-state index is 13.3. The van der Waals surface area contributed by atoms with Gasteiger partial charge in [0.25, 0.3) is 0 Å². The second-order valence-corrected chi connectivity index (χ2v) is 6.59. The lowest BCUT2D eigenvalue weighted by molar-refractivity contribution is -0.117. The fraction of sp³-hybridized carbons (Fsp3) is 0.0870. The topological polar surface area (TPSA) is 58.2 Å². The molecule has 0 aliphatic rings. The van der Waals surface area contributed by atoms with Crippen molar-refractivity contribution in [2.75, 3.05) is 0 Å². The van der Waals surface area contributed by atoms with Crippen LogP contribution in [0.3, 0.4) is 0 Å². The second-order valence-electron chi connectivity index (χ2n) is 6.59. The van der Waals surface area contributed by atoms with Crippen LogP contribution < -0.4 is 0 Å². The normalized spacial score (nSPS) is 10.7. The quantitative estimate of drug-likeness (QED) is 0.525. The molecule has 2 heterocycles. The van der Waals surface area contributed by atoms with Crippen LogP contribution in [0.1, 0.15) is 16.8 Å². The Balaban J connectivity index is 1.67. The molecule has 2 aromatic carbocycles. The third-order valence-corrected chi connectivity index (χ3v) is 4.69. The van der Waals surface area contributed by atoms with E-state index >= 15 is 0 Å². The van der Waals surface area contributed by atoms with Crippen molar-refractivity contribution in [3.05, 3.63) is 95.8 Å². The molecule has 0 saturated carbocycles. The van der Waals surface area contributed by atoms with Gasteiger partial charge in [0.2, 0.25) is 0 Å². The van der Waals surface area contributed by atoms with Gasteiger partial charge in [-0.2, -0.15) is 5.26 Å². The fourth-order valence-electron chi connectivity index (χ4n) is 3.30. The van der Waals surface area contributed by atoms with Crippen molar-refractivity contribution in [1.82, 2.24) is 9.38 Å². The highest BCUT2D eigenvalue weighted by molar-refractivity contribution is 5.85. The molecule has 136 valence electrons. The van der Waals surface area contributed by atoms with E-state index in [0.29, 0.717) is 5.56 Å². The molecule has 0 aliphatic carbocycles. The number of aromatic nitrogens is 2. The summed E-state index contributed by atoms with van der Waals surface area (Å²) in [6.45, 7) is 0. The number of carbonyl (C=O) groups is 1. The van der Waals surface area contributed by atoms with E-state index in [1.54, 1.807) is 48.9 Å². The Bertz CT molecular complexity index is 1190. The summed E-state index contributed by atoms with van der Waals surface area (Å²) in [7, 11) is 0. The Kier molecular flexibility index (Phi) is 4.69. The van der Waals surface area contributed by atoms with Crippen molar-refractivity contribution in [1.29, 1.82) is 5.26 Å². The zero-order valence-corrected chi connectivity index (χ0v) is 15.0. The molecule has 4 aromatic rings. The average Bonchev–Trinajstić information content (AvgIpc) is 3.19. The van der Waals surface area contributed by atoms with Gasteiger partial charge >= 0.3 is 0 Å². The number of Topliss-reactive ketones (excluding diaryl/α,β-unsaturated/α-hetero) is 1. The Morgan fingerprint density at radius 1 is 1.00 bits per heavy atom. The minimum atomic E-state index is -0.300. The molecule has 0 amide bonds. The lowest BCUT2D eigenvalue weighted by Gasteiger charge is -2.13. The number of nitriles is 1. The predicted octanol–water partition coefficient (Wildman–Crippen LogP) is 4.37. The molecular formula is C23H16FN3O. The molecule has 28 heavy (non-hydrogen) atoms. The largest absolute Gasteiger partial charge is 0.302 e. The van der Waals surface area contributed by atoms with E-state index in [9.17, 15) is 9.18 Å². The molecule has 0 aliphatic heterocycles. The number of ketones is 1. The van der Waals surface area contributed by atoms with Gasteiger partial charge in [0.15, 0.2) is 0 Å². The standard InChI is InChI=1S/C23H16FN3O/c24-19-7-5-18(6-8-19)22-10-9-20-14-26-15-27(20)23(22)12-21(28)11-16-1-3-17(13-25)4-2-16/h1-10,14-15H,11-12H2. The van der Waals surface area contributed by atoms with Crippen molar-refractivity contribution >= 4 is 11.3 Å². The number of rotatable bonds is 5. The molecule has 0 fully saturated rings. The van der Waals surface area contributed by atoms with E-state index < -0.39 is 0 Å². The van der Waals surface area contributed by atoms with Crippen molar-refractivity contribution in [2.24, 2.45) is 0 Å². The Morgan fingerprint density at radius 3 is 2.46 bits per heavy atom. The summed E-state index contributed by atoms with van der Waals surface area (Å²) < 4.78 is 15.2. The van der Waals surface area contributed by atoms with Crippen molar-refractivity contribution in [3.8, 4) is 17.2 Å². The van der Waals surface area contributed by atoms with E-state index in [0.717, 1.165) is 27.9 Å². The number of imidazole rings is 1. The number of hydrogen-bond donors (Lipinski definition) is 0. The van der Waals surface area contributed by atoms with Gasteiger partial charge in [0.1, 0.15) is 11.6 Å². The molecule has 0 bridgehead atoms. The second kappa shape index (κ2) is 7.45. The van der Waals surface area contributed by atoms with Gasteiger partial charge in [0.05, 0.1) is 29.7 Å². The predicted molar refractivity (Wildman–Crippen MR) is 104 cm³/mol. The number of carbonyl (C=O) groups excluding carboxylic acids is 1. The van der Waals surface area contributed by atoms with Gasteiger partial charge < -0.3 is 4.40 Å². The van der Waals surface area contributed by atoms with Gasteiger partial charge in [-0.3, -0.25) is 4.79 Å². The molecule has 4 rings (SSSR count). The van der Waals surface area contributed by atoms with Crippen LogP contribution in [0, 0.1) is 17.1 Å². The van der Waals surface area contributed by atoms with Crippen LogP contribution in [0.2, 0.25) is 0 Å². The highest BCUT2D eigenvalue weighted by Gasteiger charge is 2.14. The molecular weight excluding hydrogens is 353 g/mol. The molecule has 5 heteroatoms.